The van der Waals surface area contributed by atoms with Crippen molar-refractivity contribution >= 4 is 28.3 Å². The lowest BCUT2D eigenvalue weighted by atomic mass is 10.1. The Kier molecular flexibility index (Phi) is 6.88. The average molecular weight is 481 g/mol. The number of ether oxygens (including phenoxy) is 4. The number of hydrogen-bond donors (Lipinski definition) is 1. The predicted molar refractivity (Wildman–Crippen MR) is 132 cm³/mol. The fourth-order valence-corrected chi connectivity index (χ4v) is 3.87. The minimum atomic E-state index is 0.266. The van der Waals surface area contributed by atoms with Gasteiger partial charge in [0.1, 0.15) is 45.7 Å². The van der Waals surface area contributed by atoms with Crippen LogP contribution in [-0.2, 0) is 6.54 Å². The molecule has 8 nitrogen and oxygen atoms in total. The number of fused-ring (bicyclic) bond motifs is 1. The van der Waals surface area contributed by atoms with Crippen LogP contribution in [0.25, 0.3) is 10.9 Å². The lowest BCUT2D eigenvalue weighted by molar-refractivity contribution is 0.391. The molecule has 0 atom stereocenters. The minimum Gasteiger partial charge on any atom is -0.497 e. The fraction of sp³-hybridized carbons (Fsp3) is 0.240. The molecule has 2 heterocycles. The Morgan fingerprint density at radius 1 is 0.912 bits per heavy atom. The number of pyridine rings is 1. The van der Waals surface area contributed by atoms with Gasteiger partial charge in [0, 0.05) is 29.8 Å². The molecule has 0 spiro atoms. The van der Waals surface area contributed by atoms with Crippen molar-refractivity contribution in [3.63, 3.8) is 0 Å². The molecule has 1 N–H and O–H groups in total. The second-order valence-electron chi connectivity index (χ2n) is 7.54. The molecule has 0 saturated heterocycles. The molecule has 2 aromatic heterocycles. The van der Waals surface area contributed by atoms with Gasteiger partial charge < -0.3 is 24.3 Å². The first-order chi connectivity index (χ1) is 16.4. The Morgan fingerprint density at radius 3 is 2.44 bits per heavy atom. The molecule has 2 aromatic carbocycles. The Labute approximate surface area is 202 Å². The highest BCUT2D eigenvalue weighted by molar-refractivity contribution is 6.30. The molecule has 4 rings (SSSR count). The quantitative estimate of drug-likeness (QED) is 0.320. The summed E-state index contributed by atoms with van der Waals surface area (Å²) in [5, 5.41) is 4.23. The van der Waals surface area contributed by atoms with Crippen molar-refractivity contribution in [2.24, 2.45) is 0 Å². The highest BCUT2D eigenvalue weighted by atomic mass is 35.5. The normalized spacial score (nSPS) is 10.8. The van der Waals surface area contributed by atoms with Gasteiger partial charge in [-0.15, -0.1) is 0 Å². The van der Waals surface area contributed by atoms with Crippen LogP contribution in [-0.4, -0.2) is 36.3 Å². The van der Waals surface area contributed by atoms with Gasteiger partial charge >= 0.3 is 0 Å². The highest BCUT2D eigenvalue weighted by Crippen LogP contribution is 2.38. The maximum Gasteiger partial charge on any atom is 0.233 e. The molecule has 0 fully saturated rings. The van der Waals surface area contributed by atoms with Crippen molar-refractivity contribution in [2.45, 2.75) is 20.4 Å². The third-order valence-electron chi connectivity index (χ3n) is 5.47. The van der Waals surface area contributed by atoms with E-state index in [0.717, 1.165) is 16.7 Å². The average Bonchev–Trinajstić information content (AvgIpc) is 2.84. The molecule has 0 bridgehead atoms. The van der Waals surface area contributed by atoms with E-state index in [1.54, 1.807) is 27.4 Å². The van der Waals surface area contributed by atoms with Gasteiger partial charge in [0.25, 0.3) is 0 Å². The van der Waals surface area contributed by atoms with E-state index in [1.807, 2.05) is 44.2 Å². The number of nitrogens with one attached hydrogen (secondary N) is 1. The van der Waals surface area contributed by atoms with Crippen LogP contribution in [0.3, 0.4) is 0 Å². The first kappa shape index (κ1) is 23.4. The van der Waals surface area contributed by atoms with Crippen LogP contribution in [0.4, 0.5) is 5.82 Å². The Morgan fingerprint density at radius 2 is 1.71 bits per heavy atom. The lowest BCUT2D eigenvalue weighted by Crippen LogP contribution is -2.06. The van der Waals surface area contributed by atoms with Gasteiger partial charge in [-0.3, -0.25) is 0 Å². The van der Waals surface area contributed by atoms with Crippen LogP contribution in [0.2, 0.25) is 5.15 Å². The summed E-state index contributed by atoms with van der Waals surface area (Å²) >= 11 is 6.30. The number of methoxy groups -OCH3 is 3. The van der Waals surface area contributed by atoms with E-state index in [0.29, 0.717) is 52.1 Å². The molecule has 176 valence electrons. The van der Waals surface area contributed by atoms with E-state index < -0.39 is 0 Å². The van der Waals surface area contributed by atoms with E-state index in [1.165, 1.54) is 6.33 Å². The van der Waals surface area contributed by atoms with Crippen molar-refractivity contribution in [1.82, 2.24) is 15.0 Å². The van der Waals surface area contributed by atoms with Crippen molar-refractivity contribution in [1.29, 1.82) is 0 Å². The van der Waals surface area contributed by atoms with Crippen molar-refractivity contribution in [3.8, 4) is 28.9 Å². The number of nitrogens with zero attached hydrogens (tertiary/aromatic N) is 3. The first-order valence-corrected chi connectivity index (χ1v) is 10.9. The van der Waals surface area contributed by atoms with E-state index in [2.05, 4.69) is 20.3 Å². The third kappa shape index (κ3) is 4.63. The largest absolute Gasteiger partial charge is 0.497 e. The molecule has 34 heavy (non-hydrogen) atoms. The van der Waals surface area contributed by atoms with E-state index in [-0.39, 0.29) is 5.15 Å². The smallest absolute Gasteiger partial charge is 0.233 e. The summed E-state index contributed by atoms with van der Waals surface area (Å²) in [6.45, 7) is 4.33. The zero-order valence-corrected chi connectivity index (χ0v) is 20.4. The molecule has 0 aliphatic heterocycles. The zero-order chi connectivity index (χ0) is 24.2. The molecule has 4 aromatic rings. The van der Waals surface area contributed by atoms with Crippen LogP contribution in [0.1, 0.15) is 16.7 Å². The van der Waals surface area contributed by atoms with Crippen LogP contribution in [0.15, 0.2) is 42.7 Å². The molecule has 0 aliphatic rings. The summed E-state index contributed by atoms with van der Waals surface area (Å²) in [6, 6.07) is 11.2. The maximum atomic E-state index is 6.31. The molecule has 9 heteroatoms. The fourth-order valence-electron chi connectivity index (χ4n) is 3.69. The number of hydrogen-bond acceptors (Lipinski definition) is 8. The van der Waals surface area contributed by atoms with Crippen molar-refractivity contribution in [3.05, 3.63) is 64.6 Å². The van der Waals surface area contributed by atoms with E-state index in [9.17, 15) is 0 Å². The van der Waals surface area contributed by atoms with Gasteiger partial charge in [-0.05, 0) is 37.6 Å². The van der Waals surface area contributed by atoms with Gasteiger partial charge in [-0.1, -0.05) is 17.7 Å². The number of aromatic nitrogens is 3. The molecule has 0 saturated carbocycles. The predicted octanol–water partition coefficient (Wildman–Crippen LogP) is 5.73. The molecule has 0 unspecified atom stereocenters. The summed E-state index contributed by atoms with van der Waals surface area (Å²) in [5.41, 5.74) is 3.32. The summed E-state index contributed by atoms with van der Waals surface area (Å²) in [6.07, 6.45) is 1.47. The standard InChI is InChI=1S/C25H25ClN4O4/c1-14-6-9-19(32-4)15(2)23(14)34-25-22-18(11-21(26)30-25)28-13-29-24(22)27-12-16-7-8-17(31-3)10-20(16)33-5/h6-11,13H,12H2,1-5H3,(H,27,28,29). The van der Waals surface area contributed by atoms with Crippen LogP contribution in [0.5, 0.6) is 28.9 Å². The Bertz CT molecular complexity index is 1350. The number of aryl methyl sites for hydroxylation is 1. The summed E-state index contributed by atoms with van der Waals surface area (Å²) in [5.74, 6) is 3.62. The van der Waals surface area contributed by atoms with Gasteiger partial charge in [0.2, 0.25) is 5.88 Å². The van der Waals surface area contributed by atoms with E-state index in [4.69, 9.17) is 30.5 Å². The molecule has 0 aliphatic carbocycles. The number of halogens is 1. The highest BCUT2D eigenvalue weighted by Gasteiger charge is 2.18. The van der Waals surface area contributed by atoms with Crippen LogP contribution < -0.4 is 24.3 Å². The van der Waals surface area contributed by atoms with Gasteiger partial charge in [0.15, 0.2) is 0 Å². The number of anilines is 1. The SMILES string of the molecule is COc1ccc(CNc2ncnc3cc(Cl)nc(Oc4c(C)ccc(OC)c4C)c23)c(OC)c1. The van der Waals surface area contributed by atoms with Crippen molar-refractivity contribution < 1.29 is 18.9 Å². The van der Waals surface area contributed by atoms with Crippen LogP contribution in [0, 0.1) is 13.8 Å². The van der Waals surface area contributed by atoms with Gasteiger partial charge in [-0.25, -0.2) is 15.0 Å². The lowest BCUT2D eigenvalue weighted by Gasteiger charge is -2.17. The maximum absolute atomic E-state index is 6.31. The minimum absolute atomic E-state index is 0.266. The monoisotopic (exact) mass is 480 g/mol. The van der Waals surface area contributed by atoms with Crippen molar-refractivity contribution in [2.75, 3.05) is 26.6 Å². The van der Waals surface area contributed by atoms with E-state index >= 15 is 0 Å². The molecular formula is C25H25ClN4O4. The summed E-state index contributed by atoms with van der Waals surface area (Å²) < 4.78 is 22.6. The molecule has 0 radical (unpaired) electrons. The molecular weight excluding hydrogens is 456 g/mol. The molecule has 0 amide bonds. The third-order valence-corrected chi connectivity index (χ3v) is 5.66. The summed E-state index contributed by atoms with van der Waals surface area (Å²) in [4.78, 5) is 13.3. The summed E-state index contributed by atoms with van der Waals surface area (Å²) in [7, 11) is 4.86. The second-order valence-corrected chi connectivity index (χ2v) is 7.93. The number of benzene rings is 2. The second kappa shape index (κ2) is 10.0. The number of rotatable bonds is 8. The zero-order valence-electron chi connectivity index (χ0n) is 19.6. The van der Waals surface area contributed by atoms with Crippen LogP contribution >= 0.6 is 11.6 Å². The topological polar surface area (TPSA) is 87.6 Å². The van der Waals surface area contributed by atoms with Gasteiger partial charge in [0.05, 0.1) is 26.8 Å². The Hall–Kier alpha value is -3.78. The first-order valence-electron chi connectivity index (χ1n) is 10.5. The van der Waals surface area contributed by atoms with Gasteiger partial charge in [-0.2, -0.15) is 0 Å². The Balaban J connectivity index is 1.75.